The third kappa shape index (κ3) is 2.71. The van der Waals surface area contributed by atoms with Crippen molar-refractivity contribution in [1.29, 1.82) is 0 Å². The molecule has 0 bridgehead atoms. The molecule has 0 saturated heterocycles. The van der Waals surface area contributed by atoms with Gasteiger partial charge in [-0.05, 0) is 12.1 Å². The van der Waals surface area contributed by atoms with E-state index in [2.05, 4.69) is 0 Å². The van der Waals surface area contributed by atoms with Gasteiger partial charge in [0.1, 0.15) is 7.14 Å². The maximum absolute atomic E-state index is 12.0. The molecule has 0 heterocycles. The molecule has 1 rings (SSSR count). The first-order valence-electron chi connectivity index (χ1n) is 3.98. The Morgan fingerprint density at radius 2 is 1.67 bits per heavy atom. The Morgan fingerprint density at radius 3 is 2.00 bits per heavy atom. The molecule has 0 spiro atoms. The Kier molecular flexibility index (Phi) is 4.14. The number of halogens is 2. The molecule has 0 saturated carbocycles. The highest BCUT2D eigenvalue weighted by Gasteiger charge is 2.22. The fraction of sp³-hybridized carbons (Fsp3) is 0.250. The first-order valence-corrected chi connectivity index (χ1v) is 7.13. The number of alkyl halides is 2. The largest absolute Gasteiger partial charge is 0.316 e. The quantitative estimate of drug-likeness (QED) is 0.365. The lowest BCUT2D eigenvalue weighted by molar-refractivity contribution is -0.384. The topological polar surface area (TPSA) is 60.2 Å². The van der Waals surface area contributed by atoms with E-state index in [1.165, 1.54) is 24.3 Å². The highest BCUT2D eigenvalue weighted by atomic mass is 35.5. The van der Waals surface area contributed by atoms with Crippen LogP contribution in [0.25, 0.3) is 0 Å². The van der Waals surface area contributed by atoms with Gasteiger partial charge in [0.25, 0.3) is 5.69 Å². The van der Waals surface area contributed by atoms with Gasteiger partial charge in [0.2, 0.25) is 0 Å². The van der Waals surface area contributed by atoms with E-state index in [1.807, 2.05) is 0 Å². The van der Waals surface area contributed by atoms with Crippen molar-refractivity contribution in [3.63, 3.8) is 0 Å². The van der Waals surface area contributed by atoms with Crippen molar-refractivity contribution in [3.05, 3.63) is 34.4 Å². The van der Waals surface area contributed by atoms with Gasteiger partial charge in [0.05, 0.1) is 16.2 Å². The van der Waals surface area contributed by atoms with E-state index in [4.69, 9.17) is 23.2 Å². The van der Waals surface area contributed by atoms with Crippen molar-refractivity contribution in [3.8, 4) is 0 Å². The van der Waals surface area contributed by atoms with E-state index in [0.29, 0.717) is 5.30 Å². The maximum Gasteiger partial charge on any atom is 0.269 e. The molecule has 4 nitrogen and oxygen atoms in total. The predicted octanol–water partition coefficient (Wildman–Crippen LogP) is 2.98. The van der Waals surface area contributed by atoms with Crippen LogP contribution >= 0.6 is 30.3 Å². The Balaban J connectivity index is 3.08. The average Bonchev–Trinajstić information content (AvgIpc) is 2.28. The van der Waals surface area contributed by atoms with Crippen molar-refractivity contribution < 1.29 is 9.49 Å². The monoisotopic (exact) mass is 267 g/mol. The van der Waals surface area contributed by atoms with Crippen LogP contribution < -0.4 is 5.30 Å². The van der Waals surface area contributed by atoms with Crippen LogP contribution in [0.2, 0.25) is 0 Å². The molecule has 0 unspecified atom stereocenters. The average molecular weight is 268 g/mol. The van der Waals surface area contributed by atoms with E-state index >= 15 is 0 Å². The lowest BCUT2D eigenvalue weighted by Gasteiger charge is -2.11. The smallest absolute Gasteiger partial charge is 0.269 e. The standard InChI is InChI=1S/C8H8Cl2NO3P/c9-5-15(14,6-10)8-3-1-7(2-4-8)11(12)13/h1-4H,5-6H2. The molecule has 0 N–H and O–H groups in total. The molecule has 82 valence electrons. The maximum atomic E-state index is 12.0. The molecular weight excluding hydrogens is 260 g/mol. The zero-order chi connectivity index (χ0) is 11.5. The molecule has 0 aromatic heterocycles. The van der Waals surface area contributed by atoms with Crippen LogP contribution in [-0.2, 0) is 4.57 Å². The lowest BCUT2D eigenvalue weighted by atomic mass is 10.3. The number of hydrogen-bond acceptors (Lipinski definition) is 3. The summed E-state index contributed by atoms with van der Waals surface area (Å²) < 4.78 is 12.0. The van der Waals surface area contributed by atoms with Crippen molar-refractivity contribution in [2.45, 2.75) is 0 Å². The van der Waals surface area contributed by atoms with Gasteiger partial charge in [-0.15, -0.1) is 23.2 Å². The summed E-state index contributed by atoms with van der Waals surface area (Å²) in [6, 6.07) is 5.45. The molecule has 0 amide bonds. The van der Waals surface area contributed by atoms with Crippen LogP contribution in [0.3, 0.4) is 0 Å². The summed E-state index contributed by atoms with van der Waals surface area (Å²) in [6.07, 6.45) is 0. The second-order valence-corrected chi connectivity index (χ2v) is 7.11. The Hall–Kier alpha value is -0.570. The third-order valence-electron chi connectivity index (χ3n) is 1.92. The number of nitrogens with zero attached hydrogens (tertiary/aromatic N) is 1. The molecule has 7 heteroatoms. The van der Waals surface area contributed by atoms with Crippen molar-refractivity contribution in [2.75, 3.05) is 11.2 Å². The summed E-state index contributed by atoms with van der Waals surface area (Å²) in [5.74, 6) is 0. The minimum atomic E-state index is -2.78. The summed E-state index contributed by atoms with van der Waals surface area (Å²) in [5.41, 5.74) is -0.169. The van der Waals surface area contributed by atoms with E-state index in [0.717, 1.165) is 0 Å². The van der Waals surface area contributed by atoms with E-state index < -0.39 is 12.1 Å². The molecule has 0 aliphatic carbocycles. The van der Waals surface area contributed by atoms with E-state index in [-0.39, 0.29) is 16.9 Å². The minimum Gasteiger partial charge on any atom is -0.316 e. The molecule has 1 aromatic rings. The number of nitro groups is 1. The zero-order valence-electron chi connectivity index (χ0n) is 7.60. The predicted molar refractivity (Wildman–Crippen MR) is 61.8 cm³/mol. The summed E-state index contributed by atoms with van der Waals surface area (Å²) in [6.45, 7) is 0. The second kappa shape index (κ2) is 4.97. The van der Waals surface area contributed by atoms with Crippen molar-refractivity contribution in [2.24, 2.45) is 0 Å². The number of benzene rings is 1. The van der Waals surface area contributed by atoms with Crippen LogP contribution in [0, 0.1) is 10.1 Å². The van der Waals surface area contributed by atoms with Gasteiger partial charge < -0.3 is 4.57 Å². The van der Waals surface area contributed by atoms with Crippen LogP contribution in [0.15, 0.2) is 24.3 Å². The molecule has 0 aliphatic rings. The molecule has 0 aliphatic heterocycles. The van der Waals surface area contributed by atoms with Crippen LogP contribution in [-0.4, -0.2) is 16.2 Å². The van der Waals surface area contributed by atoms with Crippen LogP contribution in [0.4, 0.5) is 5.69 Å². The number of hydrogen-bond donors (Lipinski definition) is 0. The first-order chi connectivity index (χ1) is 7.03. The highest BCUT2D eigenvalue weighted by molar-refractivity contribution is 7.74. The minimum absolute atomic E-state index is 0.0468. The fourth-order valence-corrected chi connectivity index (χ4v) is 3.64. The van der Waals surface area contributed by atoms with Gasteiger partial charge in [0.15, 0.2) is 0 Å². The van der Waals surface area contributed by atoms with Gasteiger partial charge in [-0.2, -0.15) is 0 Å². The zero-order valence-corrected chi connectivity index (χ0v) is 10.0. The molecule has 0 atom stereocenters. The molecule has 0 fully saturated rings. The highest BCUT2D eigenvalue weighted by Crippen LogP contribution is 2.46. The van der Waals surface area contributed by atoms with Gasteiger partial charge in [-0.25, -0.2) is 0 Å². The van der Waals surface area contributed by atoms with Crippen molar-refractivity contribution in [1.82, 2.24) is 0 Å². The lowest BCUT2D eigenvalue weighted by Crippen LogP contribution is -2.06. The third-order valence-corrected chi connectivity index (χ3v) is 6.25. The van der Waals surface area contributed by atoms with Gasteiger partial charge in [-0.3, -0.25) is 10.1 Å². The summed E-state index contributed by atoms with van der Waals surface area (Å²) in [5, 5.41) is 10.9. The molecular formula is C8H8Cl2NO3P. The molecule has 1 aromatic carbocycles. The summed E-state index contributed by atoms with van der Waals surface area (Å²) in [4.78, 5) is 9.87. The van der Waals surface area contributed by atoms with Gasteiger partial charge >= 0.3 is 0 Å². The number of rotatable bonds is 4. The summed E-state index contributed by atoms with van der Waals surface area (Å²) in [7, 11) is -2.78. The van der Waals surface area contributed by atoms with Crippen LogP contribution in [0.5, 0.6) is 0 Å². The summed E-state index contributed by atoms with van der Waals surface area (Å²) >= 11 is 11.1. The van der Waals surface area contributed by atoms with E-state index in [9.17, 15) is 14.7 Å². The normalized spacial score (nSPS) is 11.3. The van der Waals surface area contributed by atoms with Gasteiger partial charge in [-0.1, -0.05) is 0 Å². The number of non-ortho nitro benzene ring substituents is 1. The molecule has 0 radical (unpaired) electrons. The van der Waals surface area contributed by atoms with Gasteiger partial charge in [0, 0.05) is 17.4 Å². The SMILES string of the molecule is O=[N+]([O-])c1ccc(P(=O)(CCl)CCl)cc1. The fourth-order valence-electron chi connectivity index (χ4n) is 1.02. The molecule has 15 heavy (non-hydrogen) atoms. The Morgan fingerprint density at radius 1 is 1.20 bits per heavy atom. The first kappa shape index (κ1) is 12.5. The van der Waals surface area contributed by atoms with Crippen molar-refractivity contribution >= 4 is 41.3 Å². The van der Waals surface area contributed by atoms with E-state index in [1.54, 1.807) is 0 Å². The number of nitro benzene ring substituents is 1. The Bertz CT molecular complexity index is 399. The Labute approximate surface area is 96.7 Å². The second-order valence-electron chi connectivity index (χ2n) is 2.90. The van der Waals surface area contributed by atoms with Crippen LogP contribution in [0.1, 0.15) is 0 Å².